The van der Waals surface area contributed by atoms with Gasteiger partial charge in [-0.05, 0) is 74.8 Å². The fourth-order valence-electron chi connectivity index (χ4n) is 4.59. The number of piperidine rings is 1. The van der Waals surface area contributed by atoms with Crippen molar-refractivity contribution < 1.29 is 13.9 Å². The van der Waals surface area contributed by atoms with Crippen molar-refractivity contribution in [2.24, 2.45) is 0 Å². The van der Waals surface area contributed by atoms with Gasteiger partial charge >= 0.3 is 6.09 Å². The summed E-state index contributed by atoms with van der Waals surface area (Å²) in [6, 6.07) is 9.89. The molecule has 3 aromatic rings. The second-order valence-electron chi connectivity index (χ2n) is 9.98. The Hall–Kier alpha value is -2.89. The van der Waals surface area contributed by atoms with Crippen LogP contribution in [0.25, 0.3) is 22.2 Å². The minimum Gasteiger partial charge on any atom is -0.444 e. The number of fused-ring (bicyclic) bond motifs is 1. The van der Waals surface area contributed by atoms with E-state index >= 15 is 0 Å². The number of rotatable bonds is 3. The lowest BCUT2D eigenvalue weighted by Gasteiger charge is -2.33. The number of nitrogens with one attached hydrogen (secondary N) is 1. The average molecular weight is 438 g/mol. The van der Waals surface area contributed by atoms with Gasteiger partial charge < -0.3 is 14.6 Å². The van der Waals surface area contributed by atoms with E-state index < -0.39 is 11.5 Å². The molecule has 0 saturated carbocycles. The molecule has 0 spiro atoms. The van der Waals surface area contributed by atoms with E-state index in [9.17, 15) is 9.18 Å². The van der Waals surface area contributed by atoms with Crippen molar-refractivity contribution >= 4 is 17.0 Å². The van der Waals surface area contributed by atoms with Crippen LogP contribution in [0.15, 0.2) is 36.5 Å². The third-order valence-electron chi connectivity index (χ3n) is 6.07. The number of pyridine rings is 1. The fourth-order valence-corrected chi connectivity index (χ4v) is 4.59. The van der Waals surface area contributed by atoms with E-state index in [0.29, 0.717) is 19.0 Å². The summed E-state index contributed by atoms with van der Waals surface area (Å²) in [6.07, 6.45) is 3.10. The van der Waals surface area contributed by atoms with E-state index in [1.807, 2.05) is 31.7 Å². The van der Waals surface area contributed by atoms with Gasteiger partial charge in [0, 0.05) is 41.8 Å². The first-order valence-electron chi connectivity index (χ1n) is 11.4. The lowest BCUT2D eigenvalue weighted by atomic mass is 9.87. The molecule has 6 heteroatoms. The number of nitrogens with zero attached hydrogens (tertiary/aromatic N) is 2. The summed E-state index contributed by atoms with van der Waals surface area (Å²) in [7, 11) is 0. The predicted octanol–water partition coefficient (Wildman–Crippen LogP) is 6.61. The summed E-state index contributed by atoms with van der Waals surface area (Å²) in [5.74, 6) is 0.197. The number of likely N-dealkylation sites (tertiary alicyclic amines) is 1. The van der Waals surface area contributed by atoms with E-state index in [4.69, 9.17) is 4.74 Å². The highest BCUT2D eigenvalue weighted by molar-refractivity contribution is 5.92. The van der Waals surface area contributed by atoms with Crippen LogP contribution in [-0.4, -0.2) is 39.7 Å². The summed E-state index contributed by atoms with van der Waals surface area (Å²) < 4.78 is 19.3. The number of hydrogen-bond acceptors (Lipinski definition) is 3. The molecule has 1 N–H and O–H groups in total. The largest absolute Gasteiger partial charge is 0.444 e. The normalized spacial score (nSPS) is 15.5. The Balaban J connectivity index is 1.59. The number of amides is 1. The van der Waals surface area contributed by atoms with Crippen molar-refractivity contribution in [2.75, 3.05) is 13.1 Å². The first kappa shape index (κ1) is 22.3. The van der Waals surface area contributed by atoms with E-state index in [2.05, 4.69) is 42.0 Å². The second-order valence-corrected chi connectivity index (χ2v) is 9.98. The molecule has 1 aromatic carbocycles. The Kier molecular flexibility index (Phi) is 5.97. The molecule has 1 aliphatic heterocycles. The standard InChI is InChI=1S/C26H32FN3O2/c1-16(2)23-20-14-18(17-9-12-30(13-10-17)25(31)32-26(3,4)5)6-7-21(20)29-24(23)19-8-11-28-22(27)15-19/h6-8,11,14-17,29H,9-10,12-13H2,1-5H3. The van der Waals surface area contributed by atoms with Crippen LogP contribution in [0.5, 0.6) is 0 Å². The Morgan fingerprint density at radius 3 is 2.53 bits per heavy atom. The Morgan fingerprint density at radius 1 is 1.19 bits per heavy atom. The van der Waals surface area contributed by atoms with Gasteiger partial charge in [0.1, 0.15) is 5.60 Å². The molecule has 1 aliphatic rings. The highest BCUT2D eigenvalue weighted by Crippen LogP contribution is 2.38. The maximum atomic E-state index is 13.8. The molecule has 32 heavy (non-hydrogen) atoms. The lowest BCUT2D eigenvalue weighted by Crippen LogP contribution is -2.41. The second kappa shape index (κ2) is 8.57. The van der Waals surface area contributed by atoms with Gasteiger partial charge in [0.25, 0.3) is 0 Å². The van der Waals surface area contributed by atoms with Gasteiger partial charge in [-0.25, -0.2) is 9.78 Å². The topological polar surface area (TPSA) is 58.2 Å². The van der Waals surface area contributed by atoms with Gasteiger partial charge in [-0.2, -0.15) is 4.39 Å². The molecule has 1 fully saturated rings. The monoisotopic (exact) mass is 437 g/mol. The molecule has 170 valence electrons. The molecule has 5 nitrogen and oxygen atoms in total. The molecule has 0 bridgehead atoms. The van der Waals surface area contributed by atoms with Gasteiger partial charge in [0.15, 0.2) is 0 Å². The summed E-state index contributed by atoms with van der Waals surface area (Å²) >= 11 is 0. The number of carbonyl (C=O) groups is 1. The Labute approximate surface area is 189 Å². The molecule has 2 aromatic heterocycles. The van der Waals surface area contributed by atoms with Crippen LogP contribution in [0.1, 0.15) is 70.4 Å². The highest BCUT2D eigenvalue weighted by Gasteiger charge is 2.28. The van der Waals surface area contributed by atoms with Crippen molar-refractivity contribution in [1.82, 2.24) is 14.9 Å². The average Bonchev–Trinajstić information content (AvgIpc) is 3.12. The Bertz CT molecular complexity index is 1120. The van der Waals surface area contributed by atoms with Gasteiger partial charge in [0.05, 0.1) is 5.69 Å². The number of benzene rings is 1. The Morgan fingerprint density at radius 2 is 1.91 bits per heavy atom. The minimum atomic E-state index is -0.478. The van der Waals surface area contributed by atoms with Crippen LogP contribution in [0.2, 0.25) is 0 Å². The molecule has 4 rings (SSSR count). The van der Waals surface area contributed by atoms with E-state index in [1.54, 1.807) is 0 Å². The van der Waals surface area contributed by atoms with Crippen LogP contribution in [0.4, 0.5) is 9.18 Å². The summed E-state index contributed by atoms with van der Waals surface area (Å²) in [6.45, 7) is 11.4. The summed E-state index contributed by atoms with van der Waals surface area (Å²) in [5, 5.41) is 1.18. The maximum Gasteiger partial charge on any atom is 0.410 e. The zero-order chi connectivity index (χ0) is 23.0. The van der Waals surface area contributed by atoms with Gasteiger partial charge in [-0.1, -0.05) is 19.9 Å². The number of carbonyl (C=O) groups excluding carboxylic acids is 1. The fraction of sp³-hybridized carbons (Fsp3) is 0.462. The SMILES string of the molecule is CC(C)c1c(-c2ccnc(F)c2)[nH]c2ccc(C3CCN(C(=O)OC(C)(C)C)CC3)cc12. The van der Waals surface area contributed by atoms with Crippen LogP contribution in [0.3, 0.4) is 0 Å². The smallest absolute Gasteiger partial charge is 0.410 e. The molecule has 0 unspecified atom stereocenters. The number of ether oxygens (including phenoxy) is 1. The number of H-pyrrole nitrogens is 1. The number of aromatic nitrogens is 2. The quantitative estimate of drug-likeness (QED) is 0.469. The van der Waals surface area contributed by atoms with Crippen LogP contribution < -0.4 is 0 Å². The number of halogens is 1. The molecule has 3 heterocycles. The molecule has 0 atom stereocenters. The highest BCUT2D eigenvalue weighted by atomic mass is 19.1. The van der Waals surface area contributed by atoms with Crippen LogP contribution in [0, 0.1) is 5.95 Å². The maximum absolute atomic E-state index is 13.8. The molecule has 0 aliphatic carbocycles. The summed E-state index contributed by atoms with van der Waals surface area (Å²) in [5.41, 5.74) is 4.82. The van der Waals surface area contributed by atoms with Gasteiger partial charge in [0.2, 0.25) is 5.95 Å². The van der Waals surface area contributed by atoms with E-state index in [-0.39, 0.29) is 12.0 Å². The molecule has 1 saturated heterocycles. The number of aromatic amines is 1. The van der Waals surface area contributed by atoms with Crippen molar-refractivity contribution in [3.05, 3.63) is 53.6 Å². The van der Waals surface area contributed by atoms with Crippen LogP contribution >= 0.6 is 0 Å². The van der Waals surface area contributed by atoms with Crippen LogP contribution in [-0.2, 0) is 4.74 Å². The molecular formula is C26H32FN3O2. The van der Waals surface area contributed by atoms with Crippen molar-refractivity contribution in [1.29, 1.82) is 0 Å². The minimum absolute atomic E-state index is 0.228. The number of hydrogen-bond donors (Lipinski definition) is 1. The van der Waals surface area contributed by atoms with Crippen molar-refractivity contribution in [2.45, 2.75) is 64.9 Å². The third-order valence-corrected chi connectivity index (χ3v) is 6.07. The lowest BCUT2D eigenvalue weighted by molar-refractivity contribution is 0.0205. The molecule has 0 radical (unpaired) electrons. The molecular weight excluding hydrogens is 405 g/mol. The van der Waals surface area contributed by atoms with Gasteiger partial charge in [-0.3, -0.25) is 0 Å². The zero-order valence-electron chi connectivity index (χ0n) is 19.5. The van der Waals surface area contributed by atoms with E-state index in [0.717, 1.165) is 29.6 Å². The first-order valence-corrected chi connectivity index (χ1v) is 11.4. The predicted molar refractivity (Wildman–Crippen MR) is 125 cm³/mol. The molecule has 1 amide bonds. The summed E-state index contributed by atoms with van der Waals surface area (Å²) in [4.78, 5) is 21.4. The first-order chi connectivity index (χ1) is 15.1. The zero-order valence-corrected chi connectivity index (χ0v) is 19.5. The van der Waals surface area contributed by atoms with Crippen molar-refractivity contribution in [3.63, 3.8) is 0 Å². The van der Waals surface area contributed by atoms with Gasteiger partial charge in [-0.15, -0.1) is 0 Å². The van der Waals surface area contributed by atoms with E-state index in [1.165, 1.54) is 28.8 Å². The third kappa shape index (κ3) is 4.64. The van der Waals surface area contributed by atoms with Crippen molar-refractivity contribution in [3.8, 4) is 11.3 Å².